The van der Waals surface area contributed by atoms with Gasteiger partial charge in [0.2, 0.25) is 5.96 Å². The fourth-order valence-electron chi connectivity index (χ4n) is 1.04. The Hall–Kier alpha value is -1.77. The van der Waals surface area contributed by atoms with Gasteiger partial charge in [-0.1, -0.05) is 30.3 Å². The molecular formula is C9H7N3. The number of hydrogen-bond acceptors (Lipinski definition) is 1. The molecule has 12 heavy (non-hydrogen) atoms. The van der Waals surface area contributed by atoms with Crippen molar-refractivity contribution in [1.82, 2.24) is 0 Å². The molecule has 0 saturated carbocycles. The van der Waals surface area contributed by atoms with E-state index in [2.05, 4.69) is 9.98 Å². The van der Waals surface area contributed by atoms with Gasteiger partial charge in [-0.25, -0.2) is 9.98 Å². The van der Waals surface area contributed by atoms with Gasteiger partial charge in [0, 0.05) is 5.56 Å². The minimum atomic E-state index is 0.0776. The maximum absolute atomic E-state index is 7.14. The summed E-state index contributed by atoms with van der Waals surface area (Å²) in [5, 5.41) is 7.14. The standard InChI is InChI=1S/C9H7N3/c10-9-11-6-8(12-9)7-4-2-1-3-5-7/h1-6,10H. The zero-order valence-corrected chi connectivity index (χ0v) is 6.36. The number of rotatable bonds is 1. The van der Waals surface area contributed by atoms with Crippen molar-refractivity contribution in [3.63, 3.8) is 0 Å². The van der Waals surface area contributed by atoms with E-state index in [1.54, 1.807) is 6.21 Å². The Morgan fingerprint density at radius 2 is 1.83 bits per heavy atom. The summed E-state index contributed by atoms with van der Waals surface area (Å²) in [4.78, 5) is 7.69. The molecule has 0 aliphatic carbocycles. The molecule has 0 spiro atoms. The van der Waals surface area contributed by atoms with Crippen molar-refractivity contribution >= 4 is 17.9 Å². The average molecular weight is 157 g/mol. The third-order valence-corrected chi connectivity index (χ3v) is 1.61. The molecule has 0 fully saturated rings. The van der Waals surface area contributed by atoms with Gasteiger partial charge in [0.05, 0.1) is 11.9 Å². The molecule has 0 bridgehead atoms. The maximum atomic E-state index is 7.14. The molecule has 0 saturated heterocycles. The predicted octanol–water partition coefficient (Wildman–Crippen LogP) is 1.49. The van der Waals surface area contributed by atoms with E-state index >= 15 is 0 Å². The Bertz CT molecular complexity index is 363. The lowest BCUT2D eigenvalue weighted by atomic mass is 10.1. The summed E-state index contributed by atoms with van der Waals surface area (Å²) in [5.41, 5.74) is 1.77. The van der Waals surface area contributed by atoms with Crippen LogP contribution in [0.15, 0.2) is 40.3 Å². The molecule has 0 amide bonds. The Morgan fingerprint density at radius 3 is 2.42 bits per heavy atom. The predicted molar refractivity (Wildman–Crippen MR) is 49.2 cm³/mol. The number of guanidine groups is 1. The molecule has 1 N–H and O–H groups in total. The monoisotopic (exact) mass is 157 g/mol. The van der Waals surface area contributed by atoms with E-state index in [-0.39, 0.29) is 5.96 Å². The van der Waals surface area contributed by atoms with Gasteiger partial charge in [-0.05, 0) is 0 Å². The van der Waals surface area contributed by atoms with Gasteiger partial charge in [-0.2, -0.15) is 0 Å². The average Bonchev–Trinajstić information content (AvgIpc) is 2.54. The highest BCUT2D eigenvalue weighted by Gasteiger charge is 2.06. The molecule has 1 heterocycles. The van der Waals surface area contributed by atoms with Gasteiger partial charge in [0.25, 0.3) is 0 Å². The van der Waals surface area contributed by atoms with Crippen LogP contribution in [0.25, 0.3) is 0 Å². The van der Waals surface area contributed by atoms with Crippen LogP contribution in [0.4, 0.5) is 0 Å². The quantitative estimate of drug-likeness (QED) is 0.642. The first-order valence-electron chi connectivity index (χ1n) is 3.63. The number of benzene rings is 1. The molecule has 0 unspecified atom stereocenters. The van der Waals surface area contributed by atoms with Crippen molar-refractivity contribution in [2.45, 2.75) is 0 Å². The SMILES string of the molecule is N=C1N=CC(c2ccccc2)=N1. The third kappa shape index (κ3) is 1.16. The van der Waals surface area contributed by atoms with Crippen molar-refractivity contribution in [3.8, 4) is 0 Å². The Labute approximate surface area is 70.0 Å². The van der Waals surface area contributed by atoms with E-state index in [4.69, 9.17) is 5.41 Å². The molecule has 3 nitrogen and oxygen atoms in total. The lowest BCUT2D eigenvalue weighted by Crippen LogP contribution is -1.97. The molecule has 1 aromatic rings. The van der Waals surface area contributed by atoms with E-state index in [0.29, 0.717) is 0 Å². The number of nitrogens with zero attached hydrogens (tertiary/aromatic N) is 2. The summed E-state index contributed by atoms with van der Waals surface area (Å²) < 4.78 is 0. The number of nitrogens with one attached hydrogen (secondary N) is 1. The summed E-state index contributed by atoms with van der Waals surface area (Å²) in [6.07, 6.45) is 1.61. The number of aliphatic imine (C=N–C) groups is 2. The summed E-state index contributed by atoms with van der Waals surface area (Å²) >= 11 is 0. The first-order chi connectivity index (χ1) is 5.86. The van der Waals surface area contributed by atoms with E-state index in [1.807, 2.05) is 30.3 Å². The van der Waals surface area contributed by atoms with Crippen molar-refractivity contribution < 1.29 is 0 Å². The first-order valence-corrected chi connectivity index (χ1v) is 3.63. The minimum Gasteiger partial charge on any atom is -0.265 e. The Balaban J connectivity index is 2.40. The highest BCUT2D eigenvalue weighted by Crippen LogP contribution is 2.03. The molecule has 3 heteroatoms. The smallest absolute Gasteiger partial charge is 0.242 e. The van der Waals surface area contributed by atoms with Gasteiger partial charge in [0.15, 0.2) is 0 Å². The molecule has 1 aliphatic rings. The van der Waals surface area contributed by atoms with Crippen LogP contribution < -0.4 is 0 Å². The minimum absolute atomic E-state index is 0.0776. The second-order valence-corrected chi connectivity index (χ2v) is 2.44. The van der Waals surface area contributed by atoms with Crippen LogP contribution in [-0.2, 0) is 0 Å². The second kappa shape index (κ2) is 2.70. The zero-order valence-electron chi connectivity index (χ0n) is 6.36. The van der Waals surface area contributed by atoms with Gasteiger partial charge in [-0.3, -0.25) is 5.41 Å². The van der Waals surface area contributed by atoms with Crippen molar-refractivity contribution in [3.05, 3.63) is 35.9 Å². The highest BCUT2D eigenvalue weighted by atomic mass is 15.1. The fourth-order valence-corrected chi connectivity index (χ4v) is 1.04. The second-order valence-electron chi connectivity index (χ2n) is 2.44. The molecule has 1 aromatic carbocycles. The van der Waals surface area contributed by atoms with Crippen LogP contribution in [0.3, 0.4) is 0 Å². The summed E-state index contributed by atoms with van der Waals surface area (Å²) in [6.45, 7) is 0. The molecule has 0 aromatic heterocycles. The normalized spacial score (nSPS) is 15.0. The maximum Gasteiger partial charge on any atom is 0.242 e. The highest BCUT2D eigenvalue weighted by molar-refractivity contribution is 6.43. The topological polar surface area (TPSA) is 48.6 Å². The van der Waals surface area contributed by atoms with Crippen molar-refractivity contribution in [1.29, 1.82) is 5.41 Å². The van der Waals surface area contributed by atoms with E-state index in [0.717, 1.165) is 11.3 Å². The number of hydrogen-bond donors (Lipinski definition) is 1. The summed E-state index contributed by atoms with van der Waals surface area (Å²) in [7, 11) is 0. The molecule has 0 atom stereocenters. The van der Waals surface area contributed by atoms with Crippen LogP contribution in [-0.4, -0.2) is 17.9 Å². The van der Waals surface area contributed by atoms with E-state index in [1.165, 1.54) is 0 Å². The lowest BCUT2D eigenvalue weighted by Gasteiger charge is -1.93. The first kappa shape index (κ1) is 6.91. The van der Waals surface area contributed by atoms with E-state index in [9.17, 15) is 0 Å². The molecule has 58 valence electrons. The molecular weight excluding hydrogens is 150 g/mol. The molecule has 1 aliphatic heterocycles. The summed E-state index contributed by atoms with van der Waals surface area (Å²) in [6, 6.07) is 9.72. The van der Waals surface area contributed by atoms with Crippen LogP contribution in [0.5, 0.6) is 0 Å². The van der Waals surface area contributed by atoms with Crippen LogP contribution in [0.2, 0.25) is 0 Å². The van der Waals surface area contributed by atoms with Crippen LogP contribution in [0.1, 0.15) is 5.56 Å². The van der Waals surface area contributed by atoms with Crippen LogP contribution >= 0.6 is 0 Å². The zero-order chi connectivity index (χ0) is 8.39. The Kier molecular flexibility index (Phi) is 1.55. The van der Waals surface area contributed by atoms with Crippen molar-refractivity contribution in [2.24, 2.45) is 9.98 Å². The largest absolute Gasteiger partial charge is 0.265 e. The van der Waals surface area contributed by atoms with Gasteiger partial charge >= 0.3 is 0 Å². The Morgan fingerprint density at radius 1 is 1.08 bits per heavy atom. The van der Waals surface area contributed by atoms with E-state index < -0.39 is 0 Å². The summed E-state index contributed by atoms with van der Waals surface area (Å²) in [5.74, 6) is 0.0776. The van der Waals surface area contributed by atoms with Gasteiger partial charge < -0.3 is 0 Å². The molecule has 2 rings (SSSR count). The molecule has 0 radical (unpaired) electrons. The third-order valence-electron chi connectivity index (χ3n) is 1.61. The van der Waals surface area contributed by atoms with Crippen molar-refractivity contribution in [2.75, 3.05) is 0 Å². The lowest BCUT2D eigenvalue weighted by molar-refractivity contribution is 1.40. The van der Waals surface area contributed by atoms with Gasteiger partial charge in [-0.15, -0.1) is 0 Å². The van der Waals surface area contributed by atoms with Gasteiger partial charge in [0.1, 0.15) is 0 Å². The fraction of sp³-hybridized carbons (Fsp3) is 0. The van der Waals surface area contributed by atoms with Crippen LogP contribution in [0, 0.1) is 5.41 Å².